The molecule has 9 nitrogen and oxygen atoms in total. The summed E-state index contributed by atoms with van der Waals surface area (Å²) in [5.74, 6) is -2.87. The Morgan fingerprint density at radius 1 is 1.12 bits per heavy atom. The third kappa shape index (κ3) is 5.32. The summed E-state index contributed by atoms with van der Waals surface area (Å²) in [6.07, 6.45) is 0.447. The Hall–Kier alpha value is -3.73. The molecule has 1 fully saturated rings. The average Bonchev–Trinajstić information content (AvgIpc) is 3.43. The number of carbonyl (C=O) groups excluding carboxylic acids is 3. The van der Waals surface area contributed by atoms with Crippen LogP contribution in [0, 0.1) is 11.2 Å². The van der Waals surface area contributed by atoms with Gasteiger partial charge in [0, 0.05) is 17.5 Å². The third-order valence-electron chi connectivity index (χ3n) is 7.96. The van der Waals surface area contributed by atoms with Crippen molar-refractivity contribution in [3.05, 3.63) is 81.2 Å². The van der Waals surface area contributed by atoms with Crippen LogP contribution in [0.5, 0.6) is 5.75 Å². The van der Waals surface area contributed by atoms with Gasteiger partial charge in [-0.25, -0.2) is 14.2 Å². The number of aromatic nitrogens is 1. The lowest BCUT2D eigenvalue weighted by Gasteiger charge is -2.37. The number of carbonyl (C=O) groups is 3. The summed E-state index contributed by atoms with van der Waals surface area (Å²) in [5.41, 5.74) is -0.656. The molecule has 3 N–H and O–H groups in total. The van der Waals surface area contributed by atoms with Gasteiger partial charge >= 0.3 is 5.97 Å². The van der Waals surface area contributed by atoms with E-state index in [0.717, 1.165) is 0 Å². The summed E-state index contributed by atoms with van der Waals surface area (Å²) in [7, 11) is 2.66. The summed E-state index contributed by atoms with van der Waals surface area (Å²) < 4.78 is 26.2. The first-order valence-corrected chi connectivity index (χ1v) is 14.3. The van der Waals surface area contributed by atoms with Crippen LogP contribution in [0.1, 0.15) is 54.6 Å². The first kappa shape index (κ1) is 30.7. The number of benzene rings is 2. The largest absolute Gasteiger partial charge is 0.495 e. The van der Waals surface area contributed by atoms with Crippen LogP contribution in [0.3, 0.4) is 0 Å². The third-order valence-corrected chi connectivity index (χ3v) is 8.47. The van der Waals surface area contributed by atoms with E-state index in [4.69, 9.17) is 32.7 Å². The Bertz CT molecular complexity index is 1630. The summed E-state index contributed by atoms with van der Waals surface area (Å²) in [5, 5.41) is 9.14. The molecule has 0 saturated carbocycles. The number of amides is 2. The zero-order valence-electron chi connectivity index (χ0n) is 24.2. The van der Waals surface area contributed by atoms with Crippen molar-refractivity contribution in [2.24, 2.45) is 5.41 Å². The van der Waals surface area contributed by atoms with E-state index in [1.54, 1.807) is 18.2 Å². The number of esters is 1. The number of hydrogen-bond donors (Lipinski definition) is 3. The summed E-state index contributed by atoms with van der Waals surface area (Å²) in [4.78, 5) is 44.8. The van der Waals surface area contributed by atoms with E-state index >= 15 is 4.39 Å². The molecule has 1 spiro atoms. The smallest absolute Gasteiger partial charge is 0.337 e. The fraction of sp³-hybridized carbons (Fsp3) is 0.355. The van der Waals surface area contributed by atoms with Crippen molar-refractivity contribution in [3.63, 3.8) is 0 Å². The minimum atomic E-state index is -1.45. The number of rotatable bonds is 6. The van der Waals surface area contributed by atoms with Gasteiger partial charge < -0.3 is 25.4 Å². The van der Waals surface area contributed by atoms with Gasteiger partial charge in [-0.3, -0.25) is 9.59 Å². The van der Waals surface area contributed by atoms with Gasteiger partial charge in [0.2, 0.25) is 11.8 Å². The highest BCUT2D eigenvalue weighted by molar-refractivity contribution is 6.31. The Labute approximate surface area is 258 Å². The predicted octanol–water partition coefficient (Wildman–Crippen LogP) is 5.71. The molecule has 3 heterocycles. The van der Waals surface area contributed by atoms with Crippen molar-refractivity contribution < 1.29 is 28.2 Å². The maximum atomic E-state index is 15.9. The number of fused-ring (bicyclic) bond motifs is 2. The minimum Gasteiger partial charge on any atom is -0.495 e. The van der Waals surface area contributed by atoms with Crippen molar-refractivity contribution >= 4 is 52.5 Å². The van der Waals surface area contributed by atoms with Gasteiger partial charge in [0.15, 0.2) is 0 Å². The second-order valence-electron chi connectivity index (χ2n) is 11.8. The predicted molar refractivity (Wildman–Crippen MR) is 161 cm³/mol. The first-order valence-electron chi connectivity index (χ1n) is 13.6. The maximum Gasteiger partial charge on any atom is 0.337 e. The van der Waals surface area contributed by atoms with E-state index in [2.05, 4.69) is 20.9 Å². The van der Waals surface area contributed by atoms with Gasteiger partial charge in [0.05, 0.1) is 36.5 Å². The molecule has 2 aliphatic rings. The number of halogens is 3. The number of hydrogen-bond acceptors (Lipinski definition) is 7. The van der Waals surface area contributed by atoms with E-state index in [1.165, 1.54) is 44.6 Å². The van der Waals surface area contributed by atoms with Crippen LogP contribution in [0.15, 0.2) is 48.5 Å². The van der Waals surface area contributed by atoms with Gasteiger partial charge in [-0.1, -0.05) is 62.2 Å². The summed E-state index contributed by atoms with van der Waals surface area (Å²) in [6, 6.07) is 10.5. The van der Waals surface area contributed by atoms with Crippen LogP contribution in [-0.4, -0.2) is 49.1 Å². The van der Waals surface area contributed by atoms with Crippen LogP contribution >= 0.6 is 23.2 Å². The molecule has 0 radical (unpaired) electrons. The lowest BCUT2D eigenvalue weighted by molar-refractivity contribution is -0.122. The molecule has 2 aromatic carbocycles. The molecule has 0 aliphatic carbocycles. The van der Waals surface area contributed by atoms with Gasteiger partial charge in [0.25, 0.3) is 0 Å². The number of anilines is 2. The number of ether oxygens (including phenoxy) is 2. The summed E-state index contributed by atoms with van der Waals surface area (Å²) >= 11 is 12.4. The van der Waals surface area contributed by atoms with Gasteiger partial charge in [-0.05, 0) is 47.7 Å². The van der Waals surface area contributed by atoms with Crippen LogP contribution in [0.2, 0.25) is 10.2 Å². The lowest BCUT2D eigenvalue weighted by Crippen LogP contribution is -2.49. The Kier molecular flexibility index (Phi) is 8.15. The molecule has 2 amide bonds. The quantitative estimate of drug-likeness (QED) is 0.236. The van der Waals surface area contributed by atoms with Crippen LogP contribution in [-0.2, 0) is 19.7 Å². The highest BCUT2D eigenvalue weighted by atomic mass is 35.5. The van der Waals surface area contributed by atoms with Gasteiger partial charge in [-0.15, -0.1) is 0 Å². The van der Waals surface area contributed by atoms with Crippen molar-refractivity contribution in [1.29, 1.82) is 0 Å². The second kappa shape index (κ2) is 11.4. The molecule has 12 heteroatoms. The van der Waals surface area contributed by atoms with Gasteiger partial charge in [-0.2, -0.15) is 0 Å². The molecule has 1 aromatic heterocycles. The van der Waals surface area contributed by atoms with Crippen molar-refractivity contribution in [1.82, 2.24) is 10.3 Å². The molecular formula is C31H31Cl2FN4O5. The number of methoxy groups -OCH3 is 2. The van der Waals surface area contributed by atoms with Crippen LogP contribution in [0.25, 0.3) is 0 Å². The molecule has 2 aliphatic heterocycles. The fourth-order valence-corrected chi connectivity index (χ4v) is 6.60. The summed E-state index contributed by atoms with van der Waals surface area (Å²) in [6.45, 7) is 6.06. The first-order chi connectivity index (χ1) is 20.3. The van der Waals surface area contributed by atoms with Gasteiger partial charge in [0.1, 0.15) is 28.0 Å². The highest BCUT2D eigenvalue weighted by Crippen LogP contribution is 2.56. The van der Waals surface area contributed by atoms with Crippen molar-refractivity contribution in [3.8, 4) is 5.75 Å². The molecule has 226 valence electrons. The lowest BCUT2D eigenvalue weighted by atomic mass is 9.62. The van der Waals surface area contributed by atoms with E-state index in [1.807, 2.05) is 20.8 Å². The number of nitrogens with zero attached hydrogens (tertiary/aromatic N) is 1. The van der Waals surface area contributed by atoms with E-state index in [-0.39, 0.29) is 44.0 Å². The normalized spacial score (nSPS) is 22.7. The molecule has 4 atom stereocenters. The standard InChI is InChI=1S/C31H31Cl2FN4O5/c1-30(2,3)14-21-31(17-10-12-22(33)37-26(17)38-29(31)41)23(16-7-6-8-18(32)24(16)34)25(36-21)27(39)35-19-11-9-15(28(40)43-5)13-20(19)42-4/h6-13,21,23,25,36H,14H2,1-5H3,(H,35,39)(H,37,38,41)/t21-,23-,25+,31+/m0/s1. The SMILES string of the molecule is COC(=O)c1ccc(NC(=O)[C@@H]2N[C@@H](CC(C)(C)C)[C@@]3(C(=O)Nc4nc(Cl)ccc43)[C@H]2c2cccc(Cl)c2F)c(OC)c1. The molecule has 0 unspecified atom stereocenters. The number of nitrogens with one attached hydrogen (secondary N) is 3. The average molecular weight is 630 g/mol. The molecule has 1 saturated heterocycles. The maximum absolute atomic E-state index is 15.9. The van der Waals surface area contributed by atoms with Crippen molar-refractivity contribution in [2.45, 2.75) is 50.6 Å². The molecule has 43 heavy (non-hydrogen) atoms. The zero-order valence-corrected chi connectivity index (χ0v) is 25.7. The highest BCUT2D eigenvalue weighted by Gasteiger charge is 2.66. The Balaban J connectivity index is 1.68. The van der Waals surface area contributed by atoms with E-state index in [9.17, 15) is 14.4 Å². The molecule has 5 rings (SSSR count). The zero-order chi connectivity index (χ0) is 31.3. The Morgan fingerprint density at radius 2 is 1.86 bits per heavy atom. The number of pyridine rings is 1. The van der Waals surface area contributed by atoms with E-state index < -0.39 is 47.0 Å². The second-order valence-corrected chi connectivity index (χ2v) is 12.6. The molecule has 3 aromatic rings. The monoisotopic (exact) mass is 628 g/mol. The molecule has 0 bridgehead atoms. The van der Waals surface area contributed by atoms with Crippen molar-refractivity contribution in [2.75, 3.05) is 24.9 Å². The van der Waals surface area contributed by atoms with E-state index in [0.29, 0.717) is 12.0 Å². The fourth-order valence-electron chi connectivity index (χ4n) is 6.27. The molecular weight excluding hydrogens is 598 g/mol. The topological polar surface area (TPSA) is 119 Å². The Morgan fingerprint density at radius 3 is 2.53 bits per heavy atom. The minimum absolute atomic E-state index is 0.0995. The van der Waals surface area contributed by atoms with Crippen LogP contribution in [0.4, 0.5) is 15.9 Å². The van der Waals surface area contributed by atoms with Crippen LogP contribution < -0.4 is 20.7 Å².